The van der Waals surface area contributed by atoms with E-state index in [2.05, 4.69) is 28.2 Å². The number of hydrogen-bond donors (Lipinski definition) is 1. The Morgan fingerprint density at radius 1 is 0.972 bits per heavy atom. The topological polar surface area (TPSA) is 58.6 Å². The fraction of sp³-hybridized carbons (Fsp3) is 0.333. The highest BCUT2D eigenvalue weighted by Gasteiger charge is 2.31. The van der Waals surface area contributed by atoms with Crippen LogP contribution < -0.4 is 10.1 Å². The number of rotatable bonds is 11. The number of carbonyl (C=O) groups is 2. The third-order valence-electron chi connectivity index (χ3n) is 6.06. The fourth-order valence-corrected chi connectivity index (χ4v) is 4.55. The van der Waals surface area contributed by atoms with Crippen LogP contribution in [0.5, 0.6) is 5.75 Å². The van der Waals surface area contributed by atoms with Crippen LogP contribution in [0.15, 0.2) is 77.3 Å². The van der Waals surface area contributed by atoms with Crippen LogP contribution >= 0.6 is 15.9 Å². The van der Waals surface area contributed by atoms with E-state index in [-0.39, 0.29) is 24.5 Å². The largest absolute Gasteiger partial charge is 0.483 e. The Bertz CT molecular complexity index is 1160. The second-order valence-electron chi connectivity index (χ2n) is 9.22. The van der Waals surface area contributed by atoms with Crippen molar-refractivity contribution in [3.8, 4) is 5.75 Å². The molecule has 0 saturated heterocycles. The SMILES string of the molecule is CCc1ccc(OCC(=O)N(Cc2ccccc2C)[C@@H](Cc2ccccc2)C(=O)NC(C)C)c(Br)c1. The van der Waals surface area contributed by atoms with Crippen molar-refractivity contribution >= 4 is 27.7 Å². The molecule has 1 N–H and O–H groups in total. The van der Waals surface area contributed by atoms with Crippen molar-refractivity contribution in [2.75, 3.05) is 6.61 Å². The van der Waals surface area contributed by atoms with Gasteiger partial charge in [-0.3, -0.25) is 9.59 Å². The molecule has 5 nitrogen and oxygen atoms in total. The van der Waals surface area contributed by atoms with Crippen molar-refractivity contribution in [2.45, 2.75) is 59.2 Å². The molecule has 0 unspecified atom stereocenters. The predicted octanol–water partition coefficient (Wildman–Crippen LogP) is 5.86. The third kappa shape index (κ3) is 7.69. The first-order chi connectivity index (χ1) is 17.3. The minimum atomic E-state index is -0.684. The second kappa shape index (κ2) is 13.3. The van der Waals surface area contributed by atoms with Crippen LogP contribution in [0.3, 0.4) is 0 Å². The van der Waals surface area contributed by atoms with Crippen molar-refractivity contribution in [1.29, 1.82) is 0 Å². The van der Waals surface area contributed by atoms with Gasteiger partial charge < -0.3 is 15.0 Å². The van der Waals surface area contributed by atoms with Gasteiger partial charge >= 0.3 is 0 Å². The fourth-order valence-electron chi connectivity index (χ4n) is 4.01. The summed E-state index contributed by atoms with van der Waals surface area (Å²) in [6, 6.07) is 22.9. The number of aryl methyl sites for hydroxylation is 2. The molecule has 6 heteroatoms. The molecule has 0 radical (unpaired) electrons. The molecule has 3 aromatic rings. The lowest BCUT2D eigenvalue weighted by molar-refractivity contribution is -0.143. The molecule has 0 aromatic heterocycles. The summed E-state index contributed by atoms with van der Waals surface area (Å²) in [5.41, 5.74) is 4.23. The molecule has 3 rings (SSSR count). The lowest BCUT2D eigenvalue weighted by Gasteiger charge is -2.32. The Morgan fingerprint density at radius 2 is 1.67 bits per heavy atom. The molecule has 0 heterocycles. The molecule has 2 amide bonds. The number of ether oxygens (including phenoxy) is 1. The average Bonchev–Trinajstić information content (AvgIpc) is 2.86. The number of halogens is 1. The molecule has 0 aliphatic carbocycles. The third-order valence-corrected chi connectivity index (χ3v) is 6.68. The summed E-state index contributed by atoms with van der Waals surface area (Å²) in [4.78, 5) is 28.8. The minimum Gasteiger partial charge on any atom is -0.483 e. The van der Waals surface area contributed by atoms with Crippen molar-refractivity contribution in [3.63, 3.8) is 0 Å². The molecule has 0 saturated carbocycles. The van der Waals surface area contributed by atoms with E-state index < -0.39 is 6.04 Å². The number of nitrogens with one attached hydrogen (secondary N) is 1. The smallest absolute Gasteiger partial charge is 0.261 e. The molecule has 0 aliphatic rings. The van der Waals surface area contributed by atoms with Crippen molar-refractivity contribution in [1.82, 2.24) is 10.2 Å². The van der Waals surface area contributed by atoms with Gasteiger partial charge in [-0.1, -0.05) is 67.6 Å². The molecule has 190 valence electrons. The molecule has 0 fully saturated rings. The summed E-state index contributed by atoms with van der Waals surface area (Å²) < 4.78 is 6.74. The molecule has 0 aliphatic heterocycles. The Kier molecular flexibility index (Phi) is 10.1. The highest BCUT2D eigenvalue weighted by atomic mass is 79.9. The standard InChI is InChI=1S/C30H35BrN2O3/c1-5-23-15-16-28(26(31)17-23)36-20-29(34)33(19-25-14-10-9-11-22(25)4)27(30(35)32-21(2)3)18-24-12-7-6-8-13-24/h6-17,21,27H,5,18-20H2,1-4H3,(H,32,35)/t27-/m0/s1. The summed E-state index contributed by atoms with van der Waals surface area (Å²) >= 11 is 3.55. The first-order valence-corrected chi connectivity index (χ1v) is 13.2. The van der Waals surface area contributed by atoms with Crippen LogP contribution in [0.4, 0.5) is 0 Å². The Morgan fingerprint density at radius 3 is 2.31 bits per heavy atom. The van der Waals surface area contributed by atoms with E-state index in [0.717, 1.165) is 27.6 Å². The zero-order chi connectivity index (χ0) is 26.1. The van der Waals surface area contributed by atoms with E-state index in [1.165, 1.54) is 5.56 Å². The summed E-state index contributed by atoms with van der Waals surface area (Å²) in [5.74, 6) is 0.177. The zero-order valence-corrected chi connectivity index (χ0v) is 23.0. The Balaban J connectivity index is 1.92. The lowest BCUT2D eigenvalue weighted by Crippen LogP contribution is -2.52. The quantitative estimate of drug-likeness (QED) is 0.325. The van der Waals surface area contributed by atoms with Gasteiger partial charge in [0, 0.05) is 19.0 Å². The van der Waals surface area contributed by atoms with Crippen molar-refractivity contribution in [3.05, 3.63) is 99.5 Å². The summed E-state index contributed by atoms with van der Waals surface area (Å²) in [6.45, 7) is 8.09. The highest BCUT2D eigenvalue weighted by molar-refractivity contribution is 9.10. The van der Waals surface area contributed by atoms with Gasteiger partial charge in [-0.15, -0.1) is 0 Å². The van der Waals surface area contributed by atoms with E-state index in [1.807, 2.05) is 93.6 Å². The van der Waals surface area contributed by atoms with E-state index in [1.54, 1.807) is 4.90 Å². The van der Waals surface area contributed by atoms with Gasteiger partial charge in [-0.2, -0.15) is 0 Å². The minimum absolute atomic E-state index is 0.0459. The van der Waals surface area contributed by atoms with Crippen LogP contribution in [-0.2, 0) is 29.0 Å². The van der Waals surface area contributed by atoms with E-state index >= 15 is 0 Å². The summed E-state index contributed by atoms with van der Waals surface area (Å²) in [6.07, 6.45) is 1.32. The average molecular weight is 552 g/mol. The van der Waals surface area contributed by atoms with E-state index in [9.17, 15) is 9.59 Å². The Labute approximate surface area is 223 Å². The lowest BCUT2D eigenvalue weighted by atomic mass is 10.0. The van der Waals surface area contributed by atoms with E-state index in [4.69, 9.17) is 4.74 Å². The number of carbonyl (C=O) groups excluding carboxylic acids is 2. The van der Waals surface area contributed by atoms with Gasteiger partial charge in [0.15, 0.2) is 6.61 Å². The van der Waals surface area contributed by atoms with Crippen LogP contribution in [0.1, 0.15) is 43.0 Å². The second-order valence-corrected chi connectivity index (χ2v) is 10.1. The van der Waals surface area contributed by atoms with Crippen molar-refractivity contribution < 1.29 is 14.3 Å². The molecular formula is C30H35BrN2O3. The van der Waals surface area contributed by atoms with Crippen molar-refractivity contribution in [2.24, 2.45) is 0 Å². The molecule has 1 atom stereocenters. The zero-order valence-electron chi connectivity index (χ0n) is 21.5. The maximum Gasteiger partial charge on any atom is 0.261 e. The predicted molar refractivity (Wildman–Crippen MR) is 148 cm³/mol. The van der Waals surface area contributed by atoms with Gasteiger partial charge in [0.1, 0.15) is 11.8 Å². The molecule has 36 heavy (non-hydrogen) atoms. The van der Waals surface area contributed by atoms with Gasteiger partial charge in [-0.25, -0.2) is 0 Å². The number of nitrogens with zero attached hydrogens (tertiary/aromatic N) is 1. The maximum absolute atomic E-state index is 13.7. The van der Waals surface area contributed by atoms with Gasteiger partial charge in [-0.05, 0) is 77.5 Å². The number of amides is 2. The van der Waals surface area contributed by atoms with Gasteiger partial charge in [0.05, 0.1) is 4.47 Å². The summed E-state index contributed by atoms with van der Waals surface area (Å²) in [5, 5.41) is 3.01. The van der Waals surface area contributed by atoms with Crippen LogP contribution in [0.25, 0.3) is 0 Å². The maximum atomic E-state index is 13.7. The van der Waals surface area contributed by atoms with Gasteiger partial charge in [0.2, 0.25) is 5.91 Å². The number of hydrogen-bond acceptors (Lipinski definition) is 3. The monoisotopic (exact) mass is 550 g/mol. The van der Waals surface area contributed by atoms with Gasteiger partial charge in [0.25, 0.3) is 5.91 Å². The first-order valence-electron chi connectivity index (χ1n) is 12.4. The number of benzene rings is 3. The highest BCUT2D eigenvalue weighted by Crippen LogP contribution is 2.26. The van der Waals surface area contributed by atoms with Crippen LogP contribution in [0, 0.1) is 6.92 Å². The molecule has 3 aromatic carbocycles. The van der Waals surface area contributed by atoms with E-state index in [0.29, 0.717) is 18.7 Å². The molecule has 0 bridgehead atoms. The van der Waals surface area contributed by atoms with Crippen LogP contribution in [0.2, 0.25) is 0 Å². The normalized spacial score (nSPS) is 11.7. The molecular weight excluding hydrogens is 516 g/mol. The first kappa shape index (κ1) is 27.5. The molecule has 0 spiro atoms. The Hall–Kier alpha value is -3.12. The van der Waals surface area contributed by atoms with Crippen LogP contribution in [-0.4, -0.2) is 35.4 Å². The summed E-state index contributed by atoms with van der Waals surface area (Å²) in [7, 11) is 0.